The van der Waals surface area contributed by atoms with E-state index in [1.165, 1.54) is 12.1 Å². The molecule has 172 valence electrons. The largest absolute Gasteiger partial charge is 0.353 e. The molecule has 1 aromatic carbocycles. The Bertz CT molecular complexity index is 955. The smallest absolute Gasteiger partial charge is 0.317 e. The Kier molecular flexibility index (Phi) is 7.61. The zero-order chi connectivity index (χ0) is 23.3. The minimum absolute atomic E-state index is 0.0302. The Morgan fingerprint density at radius 3 is 2.38 bits per heavy atom. The second-order valence-corrected chi connectivity index (χ2v) is 8.19. The zero-order valence-corrected chi connectivity index (χ0v) is 19.3. The molecule has 2 amide bonds. The minimum atomic E-state index is -0.390. The zero-order valence-electron chi connectivity index (χ0n) is 19.3. The molecule has 0 spiro atoms. The monoisotopic (exact) mass is 440 g/mol. The molecular formula is C23H32N6O3. The third kappa shape index (κ3) is 5.33. The number of hydrogen-bond donors (Lipinski definition) is 1. The number of hydrogen-bond acceptors (Lipinski definition) is 6. The fourth-order valence-corrected chi connectivity index (χ4v) is 3.80. The van der Waals surface area contributed by atoms with Crippen LogP contribution in [-0.2, 0) is 6.42 Å². The van der Waals surface area contributed by atoms with E-state index in [2.05, 4.69) is 24.1 Å². The Hall–Kier alpha value is -3.23. The first-order valence-electron chi connectivity index (χ1n) is 11.2. The topological polar surface area (TPSA) is 104 Å². The molecule has 1 fully saturated rings. The number of aryl methyl sites for hydroxylation is 1. The highest BCUT2D eigenvalue weighted by atomic mass is 16.6. The summed E-state index contributed by atoms with van der Waals surface area (Å²) >= 11 is 0. The van der Waals surface area contributed by atoms with Crippen molar-refractivity contribution in [2.75, 3.05) is 37.6 Å². The first kappa shape index (κ1) is 23.4. The fourth-order valence-electron chi connectivity index (χ4n) is 3.80. The lowest BCUT2D eigenvalue weighted by Gasteiger charge is -2.36. The molecule has 0 aliphatic carbocycles. The molecule has 0 radical (unpaired) electrons. The van der Waals surface area contributed by atoms with Crippen LogP contribution in [0.15, 0.2) is 24.3 Å². The number of nitrogens with zero attached hydrogens (tertiary/aromatic N) is 5. The van der Waals surface area contributed by atoms with Crippen LogP contribution in [0.4, 0.5) is 16.3 Å². The van der Waals surface area contributed by atoms with E-state index in [1.807, 2.05) is 18.7 Å². The van der Waals surface area contributed by atoms with Gasteiger partial charge in [-0.05, 0) is 25.8 Å². The average molecular weight is 441 g/mol. The van der Waals surface area contributed by atoms with Crippen LogP contribution in [0.5, 0.6) is 0 Å². The fraction of sp³-hybridized carbons (Fsp3) is 0.522. The highest BCUT2D eigenvalue weighted by Crippen LogP contribution is 2.28. The number of nitro groups is 1. The number of nitro benzene ring substituents is 1. The molecule has 9 heteroatoms. The summed E-state index contributed by atoms with van der Waals surface area (Å²) in [6.07, 6.45) is 1.54. The molecule has 3 rings (SSSR count). The van der Waals surface area contributed by atoms with E-state index in [4.69, 9.17) is 9.97 Å². The number of piperazine rings is 1. The molecule has 1 atom stereocenters. The lowest BCUT2D eigenvalue weighted by molar-refractivity contribution is -0.384. The van der Waals surface area contributed by atoms with Crippen LogP contribution in [0.3, 0.4) is 0 Å². The third-order valence-electron chi connectivity index (χ3n) is 5.98. The number of nitrogens with one attached hydrogen (secondary N) is 1. The standard InChI is InChI=1S/C23H32N6O3/c1-5-16(3)21-25-17(4)20(15-18-7-9-19(10-8-18)29(31)32)22(26-21)27-11-13-28(14-12-27)23(30)24-6-2/h7-10,16H,5-6,11-15H2,1-4H3,(H,24,30). The molecule has 32 heavy (non-hydrogen) atoms. The van der Waals surface area contributed by atoms with Crippen molar-refractivity contribution in [2.45, 2.75) is 46.5 Å². The summed E-state index contributed by atoms with van der Waals surface area (Å²) in [6.45, 7) is 11.4. The third-order valence-corrected chi connectivity index (χ3v) is 5.98. The summed E-state index contributed by atoms with van der Waals surface area (Å²) in [7, 11) is 0. The van der Waals surface area contributed by atoms with E-state index < -0.39 is 4.92 Å². The summed E-state index contributed by atoms with van der Waals surface area (Å²) in [6, 6.07) is 6.61. The van der Waals surface area contributed by atoms with Crippen molar-refractivity contribution < 1.29 is 9.72 Å². The second kappa shape index (κ2) is 10.4. The summed E-state index contributed by atoms with van der Waals surface area (Å²) in [5, 5.41) is 13.8. The van der Waals surface area contributed by atoms with Crippen LogP contribution in [0.2, 0.25) is 0 Å². The number of amides is 2. The van der Waals surface area contributed by atoms with Gasteiger partial charge in [0.2, 0.25) is 0 Å². The first-order chi connectivity index (χ1) is 15.3. The lowest BCUT2D eigenvalue weighted by Crippen LogP contribution is -2.52. The summed E-state index contributed by atoms with van der Waals surface area (Å²) in [5.74, 6) is 1.98. The number of benzene rings is 1. The van der Waals surface area contributed by atoms with Gasteiger partial charge < -0.3 is 15.1 Å². The van der Waals surface area contributed by atoms with Crippen LogP contribution < -0.4 is 10.2 Å². The van der Waals surface area contributed by atoms with Gasteiger partial charge in [-0.2, -0.15) is 0 Å². The molecular weight excluding hydrogens is 408 g/mol. The van der Waals surface area contributed by atoms with Gasteiger partial charge in [0, 0.05) is 68.5 Å². The van der Waals surface area contributed by atoms with Crippen LogP contribution >= 0.6 is 0 Å². The SMILES string of the molecule is CCNC(=O)N1CCN(c2nc(C(C)CC)nc(C)c2Cc2ccc([N+](=O)[O-])cc2)CC1. The lowest BCUT2D eigenvalue weighted by atomic mass is 10.0. The molecule has 2 aromatic rings. The van der Waals surface area contributed by atoms with Crippen molar-refractivity contribution in [3.05, 3.63) is 57.0 Å². The quantitative estimate of drug-likeness (QED) is 0.521. The number of urea groups is 1. The molecule has 1 aliphatic heterocycles. The molecule has 1 aromatic heterocycles. The number of carbonyl (C=O) groups is 1. The minimum Gasteiger partial charge on any atom is -0.353 e. The number of rotatable bonds is 7. The van der Waals surface area contributed by atoms with Gasteiger partial charge in [-0.25, -0.2) is 14.8 Å². The van der Waals surface area contributed by atoms with E-state index in [-0.39, 0.29) is 17.6 Å². The van der Waals surface area contributed by atoms with Gasteiger partial charge in [-0.1, -0.05) is 26.0 Å². The maximum atomic E-state index is 12.2. The Balaban J connectivity index is 1.89. The molecule has 1 aliphatic rings. The van der Waals surface area contributed by atoms with Crippen molar-refractivity contribution in [1.29, 1.82) is 0 Å². The van der Waals surface area contributed by atoms with Crippen molar-refractivity contribution in [2.24, 2.45) is 0 Å². The van der Waals surface area contributed by atoms with Crippen molar-refractivity contribution in [3.8, 4) is 0 Å². The van der Waals surface area contributed by atoms with Gasteiger partial charge in [-0.3, -0.25) is 10.1 Å². The van der Waals surface area contributed by atoms with Gasteiger partial charge >= 0.3 is 6.03 Å². The first-order valence-corrected chi connectivity index (χ1v) is 11.2. The van der Waals surface area contributed by atoms with Crippen molar-refractivity contribution in [3.63, 3.8) is 0 Å². The van der Waals surface area contributed by atoms with Gasteiger partial charge in [0.05, 0.1) is 4.92 Å². The Morgan fingerprint density at radius 2 is 1.81 bits per heavy atom. The second-order valence-electron chi connectivity index (χ2n) is 8.19. The van der Waals surface area contributed by atoms with E-state index in [9.17, 15) is 14.9 Å². The number of non-ortho nitro benzene ring substituents is 1. The van der Waals surface area contributed by atoms with E-state index in [1.54, 1.807) is 12.1 Å². The van der Waals surface area contributed by atoms with E-state index in [0.29, 0.717) is 39.1 Å². The van der Waals surface area contributed by atoms with Crippen LogP contribution in [-0.4, -0.2) is 58.5 Å². The van der Waals surface area contributed by atoms with Gasteiger partial charge in [0.15, 0.2) is 0 Å². The van der Waals surface area contributed by atoms with Crippen molar-refractivity contribution >= 4 is 17.5 Å². The Morgan fingerprint density at radius 1 is 1.16 bits per heavy atom. The molecule has 2 heterocycles. The van der Waals surface area contributed by atoms with E-state index >= 15 is 0 Å². The highest BCUT2D eigenvalue weighted by molar-refractivity contribution is 5.74. The van der Waals surface area contributed by atoms with Gasteiger partial charge in [0.1, 0.15) is 11.6 Å². The molecule has 0 bridgehead atoms. The predicted octanol–water partition coefficient (Wildman–Crippen LogP) is 3.65. The maximum Gasteiger partial charge on any atom is 0.317 e. The van der Waals surface area contributed by atoms with E-state index in [0.717, 1.165) is 34.9 Å². The molecule has 1 unspecified atom stereocenters. The maximum absolute atomic E-state index is 12.2. The average Bonchev–Trinajstić information content (AvgIpc) is 2.80. The predicted molar refractivity (Wildman–Crippen MR) is 124 cm³/mol. The molecule has 1 N–H and O–H groups in total. The summed E-state index contributed by atoms with van der Waals surface area (Å²) in [5.41, 5.74) is 3.00. The number of carbonyl (C=O) groups excluding carboxylic acids is 1. The van der Waals surface area contributed by atoms with Crippen LogP contribution in [0, 0.1) is 17.0 Å². The molecule has 9 nitrogen and oxygen atoms in total. The summed E-state index contributed by atoms with van der Waals surface area (Å²) < 4.78 is 0. The van der Waals surface area contributed by atoms with Crippen LogP contribution in [0.1, 0.15) is 55.8 Å². The Labute approximate surface area is 189 Å². The highest BCUT2D eigenvalue weighted by Gasteiger charge is 2.25. The molecule has 1 saturated heterocycles. The van der Waals surface area contributed by atoms with Gasteiger partial charge in [0.25, 0.3) is 5.69 Å². The normalized spacial score (nSPS) is 14.9. The molecule has 0 saturated carbocycles. The number of aromatic nitrogens is 2. The van der Waals surface area contributed by atoms with Crippen LogP contribution in [0.25, 0.3) is 0 Å². The van der Waals surface area contributed by atoms with Crippen molar-refractivity contribution in [1.82, 2.24) is 20.2 Å². The number of anilines is 1. The van der Waals surface area contributed by atoms with Gasteiger partial charge in [-0.15, -0.1) is 0 Å². The summed E-state index contributed by atoms with van der Waals surface area (Å²) in [4.78, 5) is 36.6.